The summed E-state index contributed by atoms with van der Waals surface area (Å²) in [5.74, 6) is -0.221. The number of carbonyl (C=O) groups is 2. The zero-order valence-electron chi connectivity index (χ0n) is 12.0. The number of amides is 2. The molecule has 1 fully saturated rings. The molecular formula is C16H17N3O2S. The molecule has 0 spiro atoms. The maximum atomic E-state index is 12.0. The fourth-order valence-electron chi connectivity index (χ4n) is 2.49. The molecule has 0 aliphatic carbocycles. The third-order valence-corrected chi connectivity index (χ3v) is 4.56. The Hall–Kier alpha value is -2.05. The number of nitrogens with one attached hydrogen (secondary N) is 1. The Morgan fingerprint density at radius 1 is 1.27 bits per heavy atom. The minimum Gasteiger partial charge on any atom is -0.361 e. The molecule has 2 amide bonds. The van der Waals surface area contributed by atoms with E-state index in [0.717, 1.165) is 30.1 Å². The first-order chi connectivity index (χ1) is 10.7. The average molecular weight is 315 g/mol. The van der Waals surface area contributed by atoms with Gasteiger partial charge in [0.05, 0.1) is 4.91 Å². The highest BCUT2D eigenvalue weighted by Crippen LogP contribution is 2.30. The minimum absolute atomic E-state index is 0.221. The number of aromatic amines is 1. The van der Waals surface area contributed by atoms with Crippen LogP contribution in [0.25, 0.3) is 10.9 Å². The van der Waals surface area contributed by atoms with Crippen molar-refractivity contribution in [1.82, 2.24) is 9.88 Å². The van der Waals surface area contributed by atoms with Gasteiger partial charge in [0.2, 0.25) is 0 Å². The minimum atomic E-state index is -0.226. The summed E-state index contributed by atoms with van der Waals surface area (Å²) in [4.78, 5) is 28.6. The van der Waals surface area contributed by atoms with Crippen LogP contribution in [0.4, 0.5) is 4.79 Å². The Balaban J connectivity index is 1.64. The third kappa shape index (κ3) is 2.93. The number of aromatic nitrogens is 1. The first-order valence-electron chi connectivity index (χ1n) is 7.19. The number of imide groups is 1. The van der Waals surface area contributed by atoms with Gasteiger partial charge >= 0.3 is 0 Å². The smallest absolute Gasteiger partial charge is 0.293 e. The predicted octanol–water partition coefficient (Wildman–Crippen LogP) is 2.64. The van der Waals surface area contributed by atoms with Crippen LogP contribution in [0.3, 0.4) is 0 Å². The van der Waals surface area contributed by atoms with E-state index in [4.69, 9.17) is 5.73 Å². The molecule has 1 saturated heterocycles. The lowest BCUT2D eigenvalue weighted by Crippen LogP contribution is -2.33. The number of aryl methyl sites for hydroxylation is 1. The van der Waals surface area contributed by atoms with Crippen molar-refractivity contribution in [3.05, 3.63) is 47.0 Å². The Morgan fingerprint density at radius 2 is 2.14 bits per heavy atom. The van der Waals surface area contributed by atoms with Crippen molar-refractivity contribution < 1.29 is 9.59 Å². The van der Waals surface area contributed by atoms with E-state index in [9.17, 15) is 9.59 Å². The molecule has 3 rings (SSSR count). The van der Waals surface area contributed by atoms with E-state index in [0.29, 0.717) is 11.4 Å². The molecule has 2 aromatic rings. The number of rotatable bonds is 5. The van der Waals surface area contributed by atoms with Crippen LogP contribution in [-0.4, -0.2) is 34.1 Å². The van der Waals surface area contributed by atoms with Crippen LogP contribution >= 0.6 is 11.8 Å². The number of hydrogen-bond acceptors (Lipinski definition) is 4. The molecule has 1 aromatic heterocycles. The summed E-state index contributed by atoms with van der Waals surface area (Å²) in [7, 11) is 0. The lowest BCUT2D eigenvalue weighted by Gasteiger charge is -2.09. The molecular weight excluding hydrogens is 298 g/mol. The SMILES string of the molecule is NCCN1C(=O)S/C(=C\CCc2ccc3[nH]ccc3c2)C1=O. The van der Waals surface area contributed by atoms with Gasteiger partial charge < -0.3 is 10.7 Å². The standard InChI is InChI=1S/C16H17N3O2S/c17-7-9-19-15(20)14(22-16(19)21)3-1-2-11-4-5-13-12(10-11)6-8-18-13/h3-6,8,10,18H,1-2,7,9,17H2/b14-3-. The molecule has 1 aliphatic heterocycles. The summed E-state index contributed by atoms with van der Waals surface area (Å²) in [6.07, 6.45) is 5.34. The lowest BCUT2D eigenvalue weighted by atomic mass is 10.1. The van der Waals surface area contributed by atoms with Gasteiger partial charge in [-0.15, -0.1) is 0 Å². The van der Waals surface area contributed by atoms with Gasteiger partial charge in [0, 0.05) is 24.8 Å². The van der Waals surface area contributed by atoms with E-state index >= 15 is 0 Å². The fraction of sp³-hybridized carbons (Fsp3) is 0.250. The van der Waals surface area contributed by atoms with Gasteiger partial charge in [-0.05, 0) is 53.8 Å². The highest BCUT2D eigenvalue weighted by atomic mass is 32.2. The molecule has 5 nitrogen and oxygen atoms in total. The molecule has 6 heteroatoms. The molecule has 0 bridgehead atoms. The van der Waals surface area contributed by atoms with E-state index in [2.05, 4.69) is 23.2 Å². The fourth-order valence-corrected chi connectivity index (χ4v) is 3.36. The van der Waals surface area contributed by atoms with Crippen molar-refractivity contribution in [1.29, 1.82) is 0 Å². The number of hydrogen-bond donors (Lipinski definition) is 2. The second kappa shape index (κ2) is 6.37. The topological polar surface area (TPSA) is 79.2 Å². The van der Waals surface area contributed by atoms with Crippen molar-refractivity contribution in [2.75, 3.05) is 13.1 Å². The summed E-state index contributed by atoms with van der Waals surface area (Å²) < 4.78 is 0. The summed E-state index contributed by atoms with van der Waals surface area (Å²) in [5, 5.41) is 0.955. The molecule has 0 saturated carbocycles. The maximum absolute atomic E-state index is 12.0. The lowest BCUT2D eigenvalue weighted by molar-refractivity contribution is -0.122. The van der Waals surface area contributed by atoms with Crippen molar-refractivity contribution in [3.63, 3.8) is 0 Å². The molecule has 3 N–H and O–H groups in total. The highest BCUT2D eigenvalue weighted by Gasteiger charge is 2.33. The van der Waals surface area contributed by atoms with Crippen molar-refractivity contribution in [3.8, 4) is 0 Å². The Labute approximate surface area is 132 Å². The van der Waals surface area contributed by atoms with Gasteiger partial charge in [0.15, 0.2) is 0 Å². The Morgan fingerprint density at radius 3 is 2.95 bits per heavy atom. The molecule has 0 unspecified atom stereocenters. The molecule has 2 heterocycles. The summed E-state index contributed by atoms with van der Waals surface area (Å²) in [6, 6.07) is 8.31. The van der Waals surface area contributed by atoms with Crippen molar-refractivity contribution >= 4 is 33.8 Å². The van der Waals surface area contributed by atoms with Crippen LogP contribution in [0, 0.1) is 0 Å². The van der Waals surface area contributed by atoms with E-state index in [1.165, 1.54) is 15.8 Å². The zero-order chi connectivity index (χ0) is 15.5. The maximum Gasteiger partial charge on any atom is 0.293 e. The summed E-state index contributed by atoms with van der Waals surface area (Å²) in [5.41, 5.74) is 7.74. The van der Waals surface area contributed by atoms with Crippen LogP contribution in [0.15, 0.2) is 41.4 Å². The van der Waals surface area contributed by atoms with E-state index in [1.807, 2.05) is 18.3 Å². The number of nitrogens with zero attached hydrogens (tertiary/aromatic N) is 1. The number of benzene rings is 1. The third-order valence-electron chi connectivity index (χ3n) is 3.61. The molecule has 22 heavy (non-hydrogen) atoms. The average Bonchev–Trinajstić information content (AvgIpc) is 3.07. The second-order valence-corrected chi connectivity index (χ2v) is 6.11. The molecule has 1 aromatic carbocycles. The molecule has 1 aliphatic rings. The number of thioether (sulfide) groups is 1. The van der Waals surface area contributed by atoms with Crippen molar-refractivity contribution in [2.24, 2.45) is 5.73 Å². The highest BCUT2D eigenvalue weighted by molar-refractivity contribution is 8.18. The number of allylic oxidation sites excluding steroid dienone is 1. The zero-order valence-corrected chi connectivity index (χ0v) is 12.9. The number of fused-ring (bicyclic) bond motifs is 1. The van der Waals surface area contributed by atoms with Crippen LogP contribution in [-0.2, 0) is 11.2 Å². The van der Waals surface area contributed by atoms with Crippen LogP contribution in [0.2, 0.25) is 0 Å². The van der Waals surface area contributed by atoms with Gasteiger partial charge in [0.1, 0.15) is 0 Å². The normalized spacial score (nSPS) is 17.1. The first kappa shape index (κ1) is 14.9. The predicted molar refractivity (Wildman–Crippen MR) is 88.5 cm³/mol. The van der Waals surface area contributed by atoms with Gasteiger partial charge in [-0.2, -0.15) is 0 Å². The van der Waals surface area contributed by atoms with Crippen molar-refractivity contribution in [2.45, 2.75) is 12.8 Å². The second-order valence-electron chi connectivity index (χ2n) is 5.12. The molecule has 114 valence electrons. The number of carbonyl (C=O) groups excluding carboxylic acids is 2. The Bertz CT molecular complexity index is 751. The van der Waals surface area contributed by atoms with Crippen LogP contribution in [0.5, 0.6) is 0 Å². The number of H-pyrrole nitrogens is 1. The van der Waals surface area contributed by atoms with Crippen LogP contribution in [0.1, 0.15) is 12.0 Å². The quantitative estimate of drug-likeness (QED) is 0.831. The van der Waals surface area contributed by atoms with Gasteiger partial charge in [0.25, 0.3) is 11.1 Å². The number of nitrogens with two attached hydrogens (primary N) is 1. The van der Waals surface area contributed by atoms with Gasteiger partial charge in [-0.1, -0.05) is 12.1 Å². The van der Waals surface area contributed by atoms with Gasteiger partial charge in [-0.3, -0.25) is 14.5 Å². The van der Waals surface area contributed by atoms with E-state index in [-0.39, 0.29) is 17.7 Å². The first-order valence-corrected chi connectivity index (χ1v) is 8.00. The van der Waals surface area contributed by atoms with Crippen LogP contribution < -0.4 is 5.73 Å². The molecule has 0 atom stereocenters. The molecule has 0 radical (unpaired) electrons. The van der Waals surface area contributed by atoms with Gasteiger partial charge in [-0.25, -0.2) is 0 Å². The van der Waals surface area contributed by atoms with E-state index in [1.54, 1.807) is 0 Å². The summed E-state index contributed by atoms with van der Waals surface area (Å²) in [6.45, 7) is 0.578. The monoisotopic (exact) mass is 315 g/mol. The largest absolute Gasteiger partial charge is 0.361 e. The van der Waals surface area contributed by atoms with E-state index < -0.39 is 0 Å². The Kier molecular flexibility index (Phi) is 4.31. The summed E-state index contributed by atoms with van der Waals surface area (Å²) >= 11 is 0.999.